The molecule has 0 unspecified atom stereocenters. The van der Waals surface area contributed by atoms with Gasteiger partial charge in [0.25, 0.3) is 0 Å². The monoisotopic (exact) mass is 297 g/mol. The van der Waals surface area contributed by atoms with Crippen molar-refractivity contribution >= 4 is 34.0 Å². The van der Waals surface area contributed by atoms with E-state index in [1.165, 1.54) is 6.92 Å². The van der Waals surface area contributed by atoms with Gasteiger partial charge in [-0.15, -0.1) is 5.10 Å². The Bertz CT molecular complexity index is 815. The third-order valence-corrected chi connectivity index (χ3v) is 3.34. The van der Waals surface area contributed by atoms with Crippen molar-refractivity contribution in [3.05, 3.63) is 53.7 Å². The maximum atomic E-state index is 11.0. The first-order valence-electron chi connectivity index (χ1n) is 6.42. The highest BCUT2D eigenvalue weighted by molar-refractivity contribution is 6.31. The molecule has 4 nitrogen and oxygen atoms in total. The molecule has 3 rings (SSSR count). The highest BCUT2D eigenvalue weighted by atomic mass is 35.5. The molecule has 3 aromatic rings. The molecular weight excluding hydrogens is 286 g/mol. The standard InChI is InChI=1S/C16H12ClN3O/c1-10(21)19-14-6-3-11(4-7-14)16-15-8-13(17)5-2-12(15)9-18-20-16/h2-9H,1H3,(H,19,21). The Balaban J connectivity index is 2.07. The van der Waals surface area contributed by atoms with Crippen molar-refractivity contribution < 1.29 is 4.79 Å². The van der Waals surface area contributed by atoms with E-state index >= 15 is 0 Å². The second-order valence-corrected chi connectivity index (χ2v) is 5.12. The molecule has 0 saturated carbocycles. The molecule has 5 heteroatoms. The van der Waals surface area contributed by atoms with E-state index in [2.05, 4.69) is 15.5 Å². The van der Waals surface area contributed by atoms with Gasteiger partial charge >= 0.3 is 0 Å². The highest BCUT2D eigenvalue weighted by Gasteiger charge is 2.07. The third-order valence-electron chi connectivity index (χ3n) is 3.10. The Labute approximate surface area is 126 Å². The van der Waals surface area contributed by atoms with E-state index in [4.69, 9.17) is 11.6 Å². The Hall–Kier alpha value is -2.46. The van der Waals surface area contributed by atoms with Crippen LogP contribution in [-0.2, 0) is 4.79 Å². The Morgan fingerprint density at radius 3 is 2.62 bits per heavy atom. The highest BCUT2D eigenvalue weighted by Crippen LogP contribution is 2.28. The number of hydrogen-bond donors (Lipinski definition) is 1. The molecule has 0 fully saturated rings. The lowest BCUT2D eigenvalue weighted by Crippen LogP contribution is -2.05. The average molecular weight is 298 g/mol. The predicted octanol–water partition coefficient (Wildman–Crippen LogP) is 3.91. The summed E-state index contributed by atoms with van der Waals surface area (Å²) in [6.07, 6.45) is 1.71. The Morgan fingerprint density at radius 1 is 1.14 bits per heavy atom. The van der Waals surface area contributed by atoms with Gasteiger partial charge in [0.15, 0.2) is 0 Å². The zero-order valence-corrected chi connectivity index (χ0v) is 12.1. The molecule has 1 heterocycles. The first-order valence-corrected chi connectivity index (χ1v) is 6.80. The predicted molar refractivity (Wildman–Crippen MR) is 84.3 cm³/mol. The first kappa shape index (κ1) is 13.5. The minimum Gasteiger partial charge on any atom is -0.326 e. The van der Waals surface area contributed by atoms with Gasteiger partial charge in [-0.05, 0) is 24.3 Å². The molecule has 0 spiro atoms. The zero-order valence-electron chi connectivity index (χ0n) is 11.3. The summed E-state index contributed by atoms with van der Waals surface area (Å²) in [6.45, 7) is 1.48. The number of rotatable bonds is 2. The molecule has 0 aliphatic rings. The fourth-order valence-corrected chi connectivity index (χ4v) is 2.35. The lowest BCUT2D eigenvalue weighted by Gasteiger charge is -2.07. The Kier molecular flexibility index (Phi) is 3.54. The van der Waals surface area contributed by atoms with Crippen LogP contribution < -0.4 is 5.32 Å². The molecule has 1 amide bonds. The van der Waals surface area contributed by atoms with Crippen LogP contribution in [-0.4, -0.2) is 16.1 Å². The molecule has 1 N–H and O–H groups in total. The van der Waals surface area contributed by atoms with Gasteiger partial charge in [-0.3, -0.25) is 4.79 Å². The number of nitrogens with zero attached hydrogens (tertiary/aromatic N) is 2. The van der Waals surface area contributed by atoms with Crippen molar-refractivity contribution in [3.63, 3.8) is 0 Å². The fraction of sp³-hybridized carbons (Fsp3) is 0.0625. The molecule has 1 aromatic heterocycles. The molecule has 0 bridgehead atoms. The second-order valence-electron chi connectivity index (χ2n) is 4.68. The molecule has 0 saturated heterocycles. The molecule has 0 radical (unpaired) electrons. The normalized spacial score (nSPS) is 10.6. The van der Waals surface area contributed by atoms with Crippen molar-refractivity contribution in [3.8, 4) is 11.3 Å². The van der Waals surface area contributed by atoms with Gasteiger partial charge in [-0.1, -0.05) is 29.8 Å². The fourth-order valence-electron chi connectivity index (χ4n) is 2.18. The van der Waals surface area contributed by atoms with Crippen LogP contribution in [0.2, 0.25) is 5.02 Å². The van der Waals surface area contributed by atoms with Crippen molar-refractivity contribution in [2.45, 2.75) is 6.92 Å². The summed E-state index contributed by atoms with van der Waals surface area (Å²) >= 11 is 6.06. The lowest BCUT2D eigenvalue weighted by atomic mass is 10.0. The van der Waals surface area contributed by atoms with Crippen molar-refractivity contribution in [1.29, 1.82) is 0 Å². The SMILES string of the molecule is CC(=O)Nc1ccc(-c2nncc3ccc(Cl)cc23)cc1. The van der Waals surface area contributed by atoms with Crippen LogP contribution in [0.5, 0.6) is 0 Å². The van der Waals surface area contributed by atoms with Crippen LogP contribution in [0.25, 0.3) is 22.0 Å². The molecule has 21 heavy (non-hydrogen) atoms. The van der Waals surface area contributed by atoms with Crippen LogP contribution in [0.1, 0.15) is 6.92 Å². The summed E-state index contributed by atoms with van der Waals surface area (Å²) in [7, 11) is 0. The molecule has 0 atom stereocenters. The maximum absolute atomic E-state index is 11.0. The second kappa shape index (κ2) is 5.50. The van der Waals surface area contributed by atoms with E-state index in [0.717, 1.165) is 27.7 Å². The van der Waals surface area contributed by atoms with Gasteiger partial charge < -0.3 is 5.32 Å². The third kappa shape index (κ3) is 2.85. The largest absolute Gasteiger partial charge is 0.326 e. The summed E-state index contributed by atoms with van der Waals surface area (Å²) in [5, 5.41) is 13.6. The van der Waals surface area contributed by atoms with Crippen molar-refractivity contribution in [1.82, 2.24) is 10.2 Å². The van der Waals surface area contributed by atoms with Gasteiger partial charge in [0.2, 0.25) is 5.91 Å². The van der Waals surface area contributed by atoms with Gasteiger partial charge in [0, 0.05) is 34.0 Å². The van der Waals surface area contributed by atoms with E-state index < -0.39 is 0 Å². The number of nitrogens with one attached hydrogen (secondary N) is 1. The zero-order chi connectivity index (χ0) is 14.8. The topological polar surface area (TPSA) is 54.9 Å². The molecule has 2 aromatic carbocycles. The quantitative estimate of drug-likeness (QED) is 0.780. The van der Waals surface area contributed by atoms with Gasteiger partial charge in [-0.2, -0.15) is 5.10 Å². The van der Waals surface area contributed by atoms with E-state index in [1.807, 2.05) is 42.5 Å². The molecule has 0 aliphatic heterocycles. The maximum Gasteiger partial charge on any atom is 0.221 e. The van der Waals surface area contributed by atoms with Crippen LogP contribution in [0, 0.1) is 0 Å². The summed E-state index contributed by atoms with van der Waals surface area (Å²) in [5.41, 5.74) is 2.44. The summed E-state index contributed by atoms with van der Waals surface area (Å²) < 4.78 is 0. The molecule has 104 valence electrons. The van der Waals surface area contributed by atoms with Gasteiger partial charge in [-0.25, -0.2) is 0 Å². The van der Waals surface area contributed by atoms with E-state index in [9.17, 15) is 4.79 Å². The number of aromatic nitrogens is 2. The minimum atomic E-state index is -0.0977. The Morgan fingerprint density at radius 2 is 1.90 bits per heavy atom. The summed E-state index contributed by atoms with van der Waals surface area (Å²) in [4.78, 5) is 11.0. The number of fused-ring (bicyclic) bond motifs is 1. The van der Waals surface area contributed by atoms with Crippen LogP contribution >= 0.6 is 11.6 Å². The van der Waals surface area contributed by atoms with E-state index in [0.29, 0.717) is 5.02 Å². The first-order chi connectivity index (χ1) is 10.1. The number of halogens is 1. The lowest BCUT2D eigenvalue weighted by molar-refractivity contribution is -0.114. The average Bonchev–Trinajstić information content (AvgIpc) is 2.47. The summed E-state index contributed by atoms with van der Waals surface area (Å²) in [6, 6.07) is 13.1. The van der Waals surface area contributed by atoms with Crippen LogP contribution in [0.3, 0.4) is 0 Å². The van der Waals surface area contributed by atoms with Gasteiger partial charge in [0.05, 0.1) is 6.20 Å². The number of carbonyl (C=O) groups excluding carboxylic acids is 1. The number of anilines is 1. The minimum absolute atomic E-state index is 0.0977. The summed E-state index contributed by atoms with van der Waals surface area (Å²) in [5.74, 6) is -0.0977. The van der Waals surface area contributed by atoms with E-state index in [-0.39, 0.29) is 5.91 Å². The molecular formula is C16H12ClN3O. The number of amides is 1. The van der Waals surface area contributed by atoms with E-state index in [1.54, 1.807) is 6.20 Å². The number of hydrogen-bond acceptors (Lipinski definition) is 3. The van der Waals surface area contributed by atoms with Crippen LogP contribution in [0.15, 0.2) is 48.7 Å². The number of carbonyl (C=O) groups is 1. The number of benzene rings is 2. The smallest absolute Gasteiger partial charge is 0.221 e. The van der Waals surface area contributed by atoms with Gasteiger partial charge in [0.1, 0.15) is 5.69 Å². The van der Waals surface area contributed by atoms with Crippen molar-refractivity contribution in [2.24, 2.45) is 0 Å². The van der Waals surface area contributed by atoms with Crippen LogP contribution in [0.4, 0.5) is 5.69 Å². The molecule has 0 aliphatic carbocycles. The van der Waals surface area contributed by atoms with Crippen molar-refractivity contribution in [2.75, 3.05) is 5.32 Å².